The molecule has 20 heavy (non-hydrogen) atoms. The molecule has 0 atom stereocenters. The molecule has 0 aliphatic carbocycles. The van der Waals surface area contributed by atoms with Crippen LogP contribution >= 0.6 is 0 Å². The number of imide groups is 1. The lowest BCUT2D eigenvalue weighted by molar-refractivity contribution is -0.166. The van der Waals surface area contributed by atoms with Gasteiger partial charge in [0.05, 0.1) is 12.1 Å². The molecule has 1 heterocycles. The van der Waals surface area contributed by atoms with E-state index < -0.39 is 17.6 Å². The highest BCUT2D eigenvalue weighted by Crippen LogP contribution is 2.23. The minimum atomic E-state index is -1.02. The molecule has 0 radical (unpaired) electrons. The molecule has 0 aromatic carbocycles. The highest BCUT2D eigenvalue weighted by Gasteiger charge is 2.40. The lowest BCUT2D eigenvalue weighted by Crippen LogP contribution is -2.63. The van der Waals surface area contributed by atoms with Crippen LogP contribution in [0.4, 0.5) is 4.79 Å². The molecule has 1 saturated heterocycles. The number of hydrogen-bond acceptors (Lipinski definition) is 5. The number of hydrogen-bond donors (Lipinski definition) is 3. The van der Waals surface area contributed by atoms with Crippen molar-refractivity contribution >= 4 is 17.9 Å². The van der Waals surface area contributed by atoms with E-state index in [2.05, 4.69) is 10.6 Å². The zero-order chi connectivity index (χ0) is 15.2. The molecule has 3 N–H and O–H groups in total. The number of urea groups is 1. The van der Waals surface area contributed by atoms with Crippen LogP contribution in [0, 0.1) is 0 Å². The second kappa shape index (κ2) is 7.20. The average Bonchev–Trinajstić information content (AvgIpc) is 2.31. The van der Waals surface area contributed by atoms with E-state index in [0.717, 1.165) is 6.42 Å². The van der Waals surface area contributed by atoms with Gasteiger partial charge in [0, 0.05) is 19.6 Å². The maximum atomic E-state index is 11.5. The van der Waals surface area contributed by atoms with Gasteiger partial charge in [0.1, 0.15) is 6.61 Å². The van der Waals surface area contributed by atoms with Crippen molar-refractivity contribution in [2.75, 3.05) is 32.8 Å². The zero-order valence-electron chi connectivity index (χ0n) is 11.8. The highest BCUT2D eigenvalue weighted by molar-refractivity contribution is 5.95. The number of nitrogens with zero attached hydrogens (tertiary/aromatic N) is 1. The second-order valence-electron chi connectivity index (χ2n) is 5.08. The Hall–Kier alpha value is -1.67. The van der Waals surface area contributed by atoms with Crippen molar-refractivity contribution in [3.05, 3.63) is 0 Å². The van der Waals surface area contributed by atoms with Crippen LogP contribution in [-0.4, -0.2) is 66.3 Å². The predicted molar refractivity (Wildman–Crippen MR) is 70.3 cm³/mol. The number of rotatable bonds is 7. The van der Waals surface area contributed by atoms with Gasteiger partial charge < -0.3 is 15.2 Å². The monoisotopic (exact) mass is 287 g/mol. The topological polar surface area (TPSA) is 108 Å². The molecule has 1 aliphatic heterocycles. The fourth-order valence-electron chi connectivity index (χ4n) is 1.99. The molecule has 0 spiro atoms. The number of carboxylic acid groups (broad SMARTS) is 1. The smallest absolute Gasteiger partial charge is 0.329 e. The molecular weight excluding hydrogens is 266 g/mol. The summed E-state index contributed by atoms with van der Waals surface area (Å²) in [5.41, 5.74) is -0.539. The molecule has 8 heteroatoms. The van der Waals surface area contributed by atoms with Gasteiger partial charge in [-0.05, 0) is 13.3 Å². The number of carboxylic acids is 1. The molecule has 1 rings (SSSR count). The molecule has 0 aromatic rings. The Morgan fingerprint density at radius 1 is 1.35 bits per heavy atom. The van der Waals surface area contributed by atoms with E-state index in [4.69, 9.17) is 9.84 Å². The number of carbonyl (C=O) groups excluding carboxylic acids is 2. The summed E-state index contributed by atoms with van der Waals surface area (Å²) in [6.45, 7) is 4.89. The molecular formula is C12H21N3O5. The molecule has 0 saturated carbocycles. The Morgan fingerprint density at radius 3 is 2.55 bits per heavy atom. The Balaban J connectivity index is 2.19. The maximum absolute atomic E-state index is 11.5. The van der Waals surface area contributed by atoms with E-state index >= 15 is 0 Å². The summed E-state index contributed by atoms with van der Waals surface area (Å²) in [7, 11) is 0. The van der Waals surface area contributed by atoms with Crippen LogP contribution in [0.2, 0.25) is 0 Å². The van der Waals surface area contributed by atoms with Crippen LogP contribution in [0.3, 0.4) is 0 Å². The van der Waals surface area contributed by atoms with Crippen molar-refractivity contribution in [3.63, 3.8) is 0 Å². The molecule has 3 amide bonds. The molecule has 0 aromatic heterocycles. The van der Waals surface area contributed by atoms with Gasteiger partial charge >= 0.3 is 12.0 Å². The third-order valence-electron chi connectivity index (χ3n) is 2.82. The molecule has 0 unspecified atom stereocenters. The average molecular weight is 287 g/mol. The number of amides is 3. The minimum Gasteiger partial charge on any atom is -0.480 e. The first-order chi connectivity index (χ1) is 9.34. The third kappa shape index (κ3) is 5.54. The van der Waals surface area contributed by atoms with Crippen LogP contribution < -0.4 is 10.6 Å². The van der Waals surface area contributed by atoms with Crippen molar-refractivity contribution in [1.29, 1.82) is 0 Å². The maximum Gasteiger partial charge on any atom is 0.329 e. The number of nitrogens with one attached hydrogen (secondary N) is 2. The molecule has 8 nitrogen and oxygen atoms in total. The number of likely N-dealkylation sites (tertiary alicyclic amines) is 1. The summed E-state index contributed by atoms with van der Waals surface area (Å²) in [5, 5.41) is 13.3. The van der Waals surface area contributed by atoms with Crippen molar-refractivity contribution in [3.8, 4) is 0 Å². The summed E-state index contributed by atoms with van der Waals surface area (Å²) in [5.74, 6) is -1.41. The van der Waals surface area contributed by atoms with Crippen molar-refractivity contribution in [1.82, 2.24) is 15.5 Å². The van der Waals surface area contributed by atoms with E-state index in [1.54, 1.807) is 11.8 Å². The van der Waals surface area contributed by atoms with E-state index in [9.17, 15) is 14.4 Å². The minimum absolute atomic E-state index is 0.0889. The normalized spacial score (nSPS) is 17.1. The Morgan fingerprint density at radius 2 is 2.00 bits per heavy atom. The number of ether oxygens (including phenoxy) is 1. The largest absolute Gasteiger partial charge is 0.480 e. The van der Waals surface area contributed by atoms with Crippen LogP contribution in [0.25, 0.3) is 0 Å². The molecule has 0 bridgehead atoms. The fraction of sp³-hybridized carbons (Fsp3) is 0.750. The van der Waals surface area contributed by atoms with Crippen molar-refractivity contribution in [2.24, 2.45) is 0 Å². The molecule has 1 aliphatic rings. The predicted octanol–water partition coefficient (Wildman–Crippen LogP) is -0.602. The number of carbonyl (C=O) groups is 3. The van der Waals surface area contributed by atoms with Gasteiger partial charge in [0.15, 0.2) is 0 Å². The van der Waals surface area contributed by atoms with Gasteiger partial charge in [0.25, 0.3) is 0 Å². The van der Waals surface area contributed by atoms with E-state index in [1.807, 2.05) is 6.92 Å². The first kappa shape index (κ1) is 16.4. The first-order valence-electron chi connectivity index (χ1n) is 6.50. The molecule has 1 fully saturated rings. The quantitative estimate of drug-likeness (QED) is 0.577. The van der Waals surface area contributed by atoms with Crippen molar-refractivity contribution in [2.45, 2.75) is 25.9 Å². The summed E-state index contributed by atoms with van der Waals surface area (Å²) >= 11 is 0. The van der Waals surface area contributed by atoms with Gasteiger partial charge in [-0.3, -0.25) is 15.0 Å². The van der Waals surface area contributed by atoms with Gasteiger partial charge in [0.2, 0.25) is 5.91 Å². The van der Waals surface area contributed by atoms with Crippen LogP contribution in [0.1, 0.15) is 20.3 Å². The van der Waals surface area contributed by atoms with E-state index in [1.165, 1.54) is 0 Å². The van der Waals surface area contributed by atoms with Crippen LogP contribution in [0.15, 0.2) is 0 Å². The lowest BCUT2D eigenvalue weighted by Gasteiger charge is -2.46. The summed E-state index contributed by atoms with van der Waals surface area (Å²) in [4.78, 5) is 35.0. The summed E-state index contributed by atoms with van der Waals surface area (Å²) in [6, 6.07) is -0.498. The zero-order valence-corrected chi connectivity index (χ0v) is 11.8. The standard InChI is InChI=1S/C12H21N3O5/c1-3-4-13-11(19)14-9(16)5-15-7-12(2,8-15)20-6-10(17)18/h3-8H2,1-2H3,(H,17,18)(H2,13,14,16,19). The van der Waals surface area contributed by atoms with Crippen LogP contribution in [-0.2, 0) is 14.3 Å². The molecule has 114 valence electrons. The highest BCUT2D eigenvalue weighted by atomic mass is 16.5. The van der Waals surface area contributed by atoms with Gasteiger partial charge in [-0.2, -0.15) is 0 Å². The van der Waals surface area contributed by atoms with Gasteiger partial charge in [-0.15, -0.1) is 0 Å². The fourth-order valence-corrected chi connectivity index (χ4v) is 1.99. The number of aliphatic carboxylic acids is 1. The Kier molecular flexibility index (Phi) is 5.90. The SMILES string of the molecule is CCCNC(=O)NC(=O)CN1CC(C)(OCC(=O)O)C1. The van der Waals surface area contributed by atoms with E-state index in [0.29, 0.717) is 19.6 Å². The second-order valence-corrected chi connectivity index (χ2v) is 5.08. The Bertz CT molecular complexity index is 379. The summed E-state index contributed by atoms with van der Waals surface area (Å²) in [6.07, 6.45) is 0.799. The lowest BCUT2D eigenvalue weighted by atomic mass is 9.96. The van der Waals surface area contributed by atoms with Crippen LogP contribution in [0.5, 0.6) is 0 Å². The first-order valence-corrected chi connectivity index (χ1v) is 6.50. The van der Waals surface area contributed by atoms with Gasteiger partial charge in [-0.1, -0.05) is 6.92 Å². The van der Waals surface area contributed by atoms with Gasteiger partial charge in [-0.25, -0.2) is 9.59 Å². The Labute approximate surface area is 117 Å². The third-order valence-corrected chi connectivity index (χ3v) is 2.82. The summed E-state index contributed by atoms with van der Waals surface area (Å²) < 4.78 is 5.22. The van der Waals surface area contributed by atoms with Crippen molar-refractivity contribution < 1.29 is 24.2 Å². The van der Waals surface area contributed by atoms with E-state index in [-0.39, 0.29) is 19.1 Å².